The Balaban J connectivity index is 2.27. The molecule has 2 aliphatic rings. The highest BCUT2D eigenvalue weighted by Gasteiger charge is 2.56. The molecule has 10 heavy (non-hydrogen) atoms. The largest absolute Gasteiger partial charge is 0.449 e. The smallest absolute Gasteiger partial charge is 0.269 e. The van der Waals surface area contributed by atoms with E-state index < -0.39 is 0 Å². The van der Waals surface area contributed by atoms with Gasteiger partial charge in [0.2, 0.25) is 5.25 Å². The van der Waals surface area contributed by atoms with Gasteiger partial charge < -0.3 is 0 Å². The minimum atomic E-state index is -0.326. The van der Waals surface area contributed by atoms with Crippen LogP contribution in [0, 0.1) is 0 Å². The molecule has 0 aliphatic carbocycles. The van der Waals surface area contributed by atoms with E-state index in [-0.39, 0.29) is 26.3 Å². The summed E-state index contributed by atoms with van der Waals surface area (Å²) >= 11 is 0. The fraction of sp³-hybridized carbons (Fsp3) is 0.600. The fourth-order valence-electron chi connectivity index (χ4n) is 1.08. The van der Waals surface area contributed by atoms with Crippen LogP contribution in [0.2, 0.25) is 0 Å². The van der Waals surface area contributed by atoms with Crippen molar-refractivity contribution in [2.75, 3.05) is 5.75 Å². The van der Waals surface area contributed by atoms with Crippen molar-refractivity contribution < 1.29 is 9.59 Å². The van der Waals surface area contributed by atoms with E-state index in [0.29, 0.717) is 0 Å². The molecule has 2 rings (SSSR count). The molecule has 0 aromatic heterocycles. The molecule has 54 valence electrons. The van der Waals surface area contributed by atoms with Crippen molar-refractivity contribution in [1.82, 2.24) is 5.32 Å². The number of hydrogen-bond donors (Lipinski definition) is 1. The summed E-state index contributed by atoms with van der Waals surface area (Å²) < 4.78 is 0. The number of fused-ring (bicyclic) bond motifs is 1. The third kappa shape index (κ3) is 0.769. The molecule has 2 atom stereocenters. The Hall–Kier alpha value is -0.160. The van der Waals surface area contributed by atoms with Gasteiger partial charge in [0.1, 0.15) is 10.8 Å². The van der Waals surface area contributed by atoms with Crippen LogP contribution in [-0.4, -0.2) is 22.1 Å². The molecule has 0 saturated carbocycles. The van der Waals surface area contributed by atoms with E-state index in [1.807, 2.05) is 0 Å². The maximum atomic E-state index is 10.9. The number of carbonyl (C=O) groups is 2. The van der Waals surface area contributed by atoms with Crippen LogP contribution in [0.1, 0.15) is 6.42 Å². The van der Waals surface area contributed by atoms with Gasteiger partial charge in [-0.2, -0.15) is 0 Å². The van der Waals surface area contributed by atoms with Crippen LogP contribution in [0.15, 0.2) is 0 Å². The van der Waals surface area contributed by atoms with Crippen LogP contribution < -0.4 is 5.32 Å². The summed E-state index contributed by atoms with van der Waals surface area (Å²) in [5.41, 5.74) is 0. The first-order chi connectivity index (χ1) is 4.79. The molecular weight excluding hydrogens is 170 g/mol. The molecule has 0 aromatic rings. The lowest BCUT2D eigenvalue weighted by atomic mass is 10.3. The lowest BCUT2D eigenvalue weighted by Crippen LogP contribution is -2.24. The maximum absolute atomic E-state index is 10.9. The Morgan fingerprint density at radius 2 is 2.40 bits per heavy atom. The van der Waals surface area contributed by atoms with Crippen LogP contribution in [0.3, 0.4) is 0 Å². The van der Waals surface area contributed by atoms with E-state index in [0.717, 1.165) is 12.2 Å². The predicted octanol–water partition coefficient (Wildman–Crippen LogP) is 0.275. The van der Waals surface area contributed by atoms with Crippen LogP contribution >= 0.6 is 10.8 Å². The van der Waals surface area contributed by atoms with E-state index in [1.165, 1.54) is 0 Å². The Kier molecular flexibility index (Phi) is 1.42. The lowest BCUT2D eigenvalue weighted by Gasteiger charge is -1.86. The average Bonchev–Trinajstić information content (AvgIpc) is 2.39. The molecule has 2 heterocycles. The van der Waals surface area contributed by atoms with Gasteiger partial charge in [-0.15, -0.1) is 0 Å². The molecule has 0 spiro atoms. The Morgan fingerprint density at radius 1 is 1.60 bits per heavy atom. The number of amides is 2. The first-order valence-electron chi connectivity index (χ1n) is 3.00. The summed E-state index contributed by atoms with van der Waals surface area (Å²) in [6.07, 6.45) is 0.880. The van der Waals surface area contributed by atoms with Crippen LogP contribution in [-0.2, 0) is 14.7 Å². The molecule has 2 fully saturated rings. The molecule has 2 unspecified atom stereocenters. The van der Waals surface area contributed by atoms with E-state index in [2.05, 4.69) is 5.32 Å². The van der Waals surface area contributed by atoms with Gasteiger partial charge in [0.15, 0.2) is 9.93 Å². The average molecular weight is 176 g/mol. The monoisotopic (exact) mass is 176 g/mol. The maximum Gasteiger partial charge on any atom is 0.449 e. The van der Waals surface area contributed by atoms with Crippen LogP contribution in [0.25, 0.3) is 0 Å². The summed E-state index contributed by atoms with van der Waals surface area (Å²) in [5, 5.41) is 2.29. The van der Waals surface area contributed by atoms with Gasteiger partial charge in [-0.05, 0) is 0 Å². The van der Waals surface area contributed by atoms with Crippen molar-refractivity contribution >= 4 is 31.9 Å². The lowest BCUT2D eigenvalue weighted by molar-refractivity contribution is -0.118. The second-order valence-electron chi connectivity index (χ2n) is 2.17. The van der Waals surface area contributed by atoms with Crippen molar-refractivity contribution in [3.8, 4) is 0 Å². The van der Waals surface area contributed by atoms with Crippen molar-refractivity contribution in [2.24, 2.45) is 0 Å². The van der Waals surface area contributed by atoms with Gasteiger partial charge in [-0.25, -0.2) is 10.1 Å². The fourth-order valence-corrected chi connectivity index (χ4v) is 5.37. The summed E-state index contributed by atoms with van der Waals surface area (Å²) in [6, 6.07) is 0. The molecule has 0 radical (unpaired) electrons. The summed E-state index contributed by atoms with van der Waals surface area (Å²) in [4.78, 5) is 21.9. The minimum Gasteiger partial charge on any atom is -0.269 e. The van der Waals surface area contributed by atoms with Gasteiger partial charge in [-0.1, -0.05) is 0 Å². The molecule has 0 aromatic carbocycles. The number of imide groups is 1. The summed E-state index contributed by atoms with van der Waals surface area (Å²) in [6.45, 7) is 0. The molecule has 1 N–H and O–H groups in total. The second kappa shape index (κ2) is 2.17. The first-order valence-corrected chi connectivity index (χ1v) is 5.79. The van der Waals surface area contributed by atoms with Crippen molar-refractivity contribution in [3.05, 3.63) is 0 Å². The first kappa shape index (κ1) is 6.54. The molecule has 3 nitrogen and oxygen atoms in total. The highest BCUT2D eigenvalue weighted by Crippen LogP contribution is 2.36. The molecule has 2 aliphatic heterocycles. The van der Waals surface area contributed by atoms with Crippen LogP contribution in [0.5, 0.6) is 0 Å². The van der Waals surface area contributed by atoms with Gasteiger partial charge in [0.05, 0.1) is 0 Å². The number of hydrogen-bond acceptors (Lipinski definition) is 3. The number of carbonyl (C=O) groups excluding carboxylic acids is 2. The Morgan fingerprint density at radius 3 is 3.10 bits per heavy atom. The van der Waals surface area contributed by atoms with Gasteiger partial charge in [0.25, 0.3) is 5.91 Å². The predicted molar refractivity (Wildman–Crippen MR) is 41.8 cm³/mol. The van der Waals surface area contributed by atoms with Gasteiger partial charge in [0, 0.05) is 12.2 Å². The zero-order valence-electron chi connectivity index (χ0n) is 5.12. The van der Waals surface area contributed by atoms with Crippen molar-refractivity contribution in [2.45, 2.75) is 11.7 Å². The molecular formula is C5H6NO2S2+. The standard InChI is InChI=1S/C5H5NO2S2/c7-4-3-1-2-9-10(3)5(8)6-4/h3H,1-2H2/p+1. The number of nitrogens with one attached hydrogen (secondary N) is 1. The SMILES string of the molecule is O=C1NC(=O)[S+]2SCCC12. The topological polar surface area (TPSA) is 46.2 Å². The highest BCUT2D eigenvalue weighted by molar-refractivity contribution is 8.80. The van der Waals surface area contributed by atoms with E-state index in [9.17, 15) is 9.59 Å². The van der Waals surface area contributed by atoms with Gasteiger partial charge in [-0.3, -0.25) is 4.79 Å². The molecule has 2 amide bonds. The van der Waals surface area contributed by atoms with E-state index in [1.54, 1.807) is 10.8 Å². The summed E-state index contributed by atoms with van der Waals surface area (Å²) in [5.74, 6) is 0.908. The minimum absolute atomic E-state index is 0.0116. The zero-order valence-corrected chi connectivity index (χ0v) is 6.76. The quantitative estimate of drug-likeness (QED) is 0.426. The van der Waals surface area contributed by atoms with E-state index in [4.69, 9.17) is 0 Å². The normalized spacial score (nSPS) is 38.0. The third-order valence-corrected chi connectivity index (χ3v) is 6.05. The van der Waals surface area contributed by atoms with E-state index >= 15 is 0 Å². The number of rotatable bonds is 0. The van der Waals surface area contributed by atoms with Crippen LogP contribution in [0.4, 0.5) is 4.79 Å². The molecule has 2 saturated heterocycles. The third-order valence-electron chi connectivity index (χ3n) is 1.55. The molecule has 5 heteroatoms. The summed E-state index contributed by atoms with van der Waals surface area (Å²) in [7, 11) is 1.29. The van der Waals surface area contributed by atoms with Crippen molar-refractivity contribution in [3.63, 3.8) is 0 Å². The van der Waals surface area contributed by atoms with Gasteiger partial charge >= 0.3 is 5.24 Å². The second-order valence-corrected chi connectivity index (χ2v) is 6.14. The Bertz CT molecular complexity index is 186. The zero-order chi connectivity index (χ0) is 7.14. The highest BCUT2D eigenvalue weighted by atomic mass is 33.1. The van der Waals surface area contributed by atoms with Crippen molar-refractivity contribution in [1.29, 1.82) is 0 Å². The molecule has 0 bridgehead atoms. The Labute approximate surface area is 64.7 Å².